The number of ether oxygens (including phenoxy) is 1. The van der Waals surface area contributed by atoms with Crippen molar-refractivity contribution in [3.05, 3.63) is 48.5 Å². The van der Waals surface area contributed by atoms with Crippen LogP contribution in [0.4, 0.5) is 23.7 Å². The second-order valence-corrected chi connectivity index (χ2v) is 13.4. The maximum atomic E-state index is 13.4. The number of nitrogens with two attached hydrogens (primary N) is 1. The van der Waals surface area contributed by atoms with E-state index in [0.717, 1.165) is 17.0 Å². The van der Waals surface area contributed by atoms with Crippen molar-refractivity contribution in [2.75, 3.05) is 17.6 Å². The normalized spacial score (nSPS) is 13.6. The van der Waals surface area contributed by atoms with Crippen LogP contribution in [0.2, 0.25) is 0 Å². The Kier molecular flexibility index (Phi) is 9.90. The van der Waals surface area contributed by atoms with Gasteiger partial charge < -0.3 is 15.4 Å². The number of sulfonamides is 1. The Bertz CT molecular complexity index is 1300. The van der Waals surface area contributed by atoms with Gasteiger partial charge in [-0.15, -0.1) is 11.8 Å². The average Bonchev–Trinajstić information content (AvgIpc) is 2.75. The van der Waals surface area contributed by atoms with Crippen molar-refractivity contribution in [1.82, 2.24) is 5.32 Å². The summed E-state index contributed by atoms with van der Waals surface area (Å²) in [6, 6.07) is 10.6. The summed E-state index contributed by atoms with van der Waals surface area (Å²) in [5.74, 6) is 0.266. The Hall–Kier alpha value is -2.49. The highest BCUT2D eigenvalue weighted by Crippen LogP contribution is 2.36. The number of sulfone groups is 1. The zero-order chi connectivity index (χ0) is 28.1. The van der Waals surface area contributed by atoms with Gasteiger partial charge in [0.05, 0.1) is 10.6 Å². The summed E-state index contributed by atoms with van der Waals surface area (Å²) < 4.78 is 93.3. The average molecular weight is 584 g/mol. The van der Waals surface area contributed by atoms with Crippen LogP contribution in [-0.2, 0) is 24.6 Å². The Labute approximate surface area is 218 Å². The molecule has 0 aromatic heterocycles. The molecule has 0 heterocycles. The van der Waals surface area contributed by atoms with E-state index in [9.17, 15) is 34.8 Å². The predicted octanol–water partition coefficient (Wildman–Crippen LogP) is 4.12. The molecular formula is C22H28F3N3O6S3. The Balaban J connectivity index is 2.36. The molecule has 2 aromatic carbocycles. The van der Waals surface area contributed by atoms with Crippen LogP contribution in [0.15, 0.2) is 63.2 Å². The van der Waals surface area contributed by atoms with Crippen molar-refractivity contribution in [3.63, 3.8) is 0 Å². The van der Waals surface area contributed by atoms with Crippen molar-refractivity contribution in [2.24, 2.45) is 5.14 Å². The highest BCUT2D eigenvalue weighted by atomic mass is 32.2. The van der Waals surface area contributed by atoms with Crippen LogP contribution < -0.4 is 15.8 Å². The van der Waals surface area contributed by atoms with E-state index < -0.39 is 58.6 Å². The summed E-state index contributed by atoms with van der Waals surface area (Å²) in [6.07, 6.45) is -0.526. The summed E-state index contributed by atoms with van der Waals surface area (Å²) in [6.45, 7) is 5.10. The van der Waals surface area contributed by atoms with Crippen LogP contribution in [-0.4, -0.2) is 52.4 Å². The van der Waals surface area contributed by atoms with E-state index in [4.69, 9.17) is 9.88 Å². The zero-order valence-electron chi connectivity index (χ0n) is 20.2. The number of halogens is 3. The van der Waals surface area contributed by atoms with E-state index in [1.165, 1.54) is 11.8 Å². The highest BCUT2D eigenvalue weighted by Gasteiger charge is 2.48. The number of hydrogen-bond acceptors (Lipinski definition) is 8. The third-order valence-corrected chi connectivity index (χ3v) is 8.20. The van der Waals surface area contributed by atoms with Crippen molar-refractivity contribution in [2.45, 2.75) is 59.0 Å². The molecule has 0 saturated carbocycles. The van der Waals surface area contributed by atoms with Crippen LogP contribution >= 0.6 is 11.8 Å². The minimum Gasteiger partial charge on any atom is -0.444 e. The van der Waals surface area contributed by atoms with E-state index >= 15 is 0 Å². The molecule has 0 bridgehead atoms. The van der Waals surface area contributed by atoms with Crippen molar-refractivity contribution >= 4 is 43.4 Å². The van der Waals surface area contributed by atoms with E-state index in [0.29, 0.717) is 6.07 Å². The molecule has 37 heavy (non-hydrogen) atoms. The highest BCUT2D eigenvalue weighted by molar-refractivity contribution is 7.99. The zero-order valence-corrected chi connectivity index (χ0v) is 22.7. The molecule has 2 rings (SSSR count). The Morgan fingerprint density at radius 1 is 1.05 bits per heavy atom. The molecule has 0 radical (unpaired) electrons. The number of thioether (sulfide) groups is 1. The van der Waals surface area contributed by atoms with Crippen molar-refractivity contribution in [1.29, 1.82) is 0 Å². The van der Waals surface area contributed by atoms with Gasteiger partial charge in [0.15, 0.2) is 0 Å². The molecule has 0 spiro atoms. The number of hydrogen-bond donors (Lipinski definition) is 3. The van der Waals surface area contributed by atoms with Crippen molar-refractivity contribution < 1.29 is 39.5 Å². The molecule has 4 N–H and O–H groups in total. The fourth-order valence-corrected chi connectivity index (χ4v) is 5.49. The number of nitrogens with one attached hydrogen (secondary N) is 2. The van der Waals surface area contributed by atoms with Gasteiger partial charge in [0.2, 0.25) is 10.0 Å². The van der Waals surface area contributed by atoms with Gasteiger partial charge in [0, 0.05) is 23.2 Å². The van der Waals surface area contributed by atoms with E-state index in [2.05, 4.69) is 10.6 Å². The van der Waals surface area contributed by atoms with Crippen molar-refractivity contribution in [3.8, 4) is 0 Å². The third kappa shape index (κ3) is 9.39. The van der Waals surface area contributed by atoms with Gasteiger partial charge >= 0.3 is 11.6 Å². The van der Waals surface area contributed by atoms with Crippen LogP contribution in [0.3, 0.4) is 0 Å². The molecule has 1 atom stereocenters. The second-order valence-electron chi connectivity index (χ2n) is 8.83. The SMILES string of the molecule is CC(C)(C)OC(=O)NCC[C@H](CSc1ccccc1)Nc1ccc(S(N)(=O)=O)cc1S(=O)(=O)C(F)(F)F. The lowest BCUT2D eigenvalue weighted by Gasteiger charge is -2.23. The maximum absolute atomic E-state index is 13.4. The minimum absolute atomic E-state index is 0.0541. The van der Waals surface area contributed by atoms with Crippen LogP contribution in [0, 0.1) is 0 Å². The molecule has 0 aliphatic rings. The summed E-state index contributed by atoms with van der Waals surface area (Å²) in [5, 5.41) is 10.3. The standard InChI is InChI=1S/C22H28F3N3O6S3/c1-21(2,3)34-20(29)27-12-11-15(14-35-16-7-5-4-6-8-16)28-18-10-9-17(37(26,32)33)13-19(18)36(30,31)22(23,24)25/h4-10,13,15,28H,11-12,14H2,1-3H3,(H,27,29)(H2,26,32,33)/t15-/m1/s1. The topological polar surface area (TPSA) is 145 Å². The second kappa shape index (κ2) is 11.9. The quantitative estimate of drug-likeness (QED) is 0.355. The van der Waals surface area contributed by atoms with Gasteiger partial charge in [-0.05, 0) is 57.5 Å². The lowest BCUT2D eigenvalue weighted by atomic mass is 10.2. The van der Waals surface area contributed by atoms with Crippen LogP contribution in [0.5, 0.6) is 0 Å². The van der Waals surface area contributed by atoms with Gasteiger partial charge in [-0.25, -0.2) is 26.8 Å². The van der Waals surface area contributed by atoms with E-state index in [-0.39, 0.29) is 18.7 Å². The molecule has 15 heteroatoms. The van der Waals surface area contributed by atoms with Gasteiger partial charge in [0.1, 0.15) is 10.5 Å². The van der Waals surface area contributed by atoms with Crippen LogP contribution in [0.1, 0.15) is 27.2 Å². The predicted molar refractivity (Wildman–Crippen MR) is 134 cm³/mol. The largest absolute Gasteiger partial charge is 0.501 e. The first kappa shape index (κ1) is 30.7. The monoisotopic (exact) mass is 583 g/mol. The number of alkyl carbamates (subject to hydrolysis) is 1. The first-order chi connectivity index (χ1) is 16.9. The summed E-state index contributed by atoms with van der Waals surface area (Å²) in [7, 11) is -10.4. The molecular weight excluding hydrogens is 555 g/mol. The lowest BCUT2D eigenvalue weighted by molar-refractivity contribution is -0.0435. The first-order valence-electron chi connectivity index (χ1n) is 10.8. The maximum Gasteiger partial charge on any atom is 0.501 e. The lowest BCUT2D eigenvalue weighted by Crippen LogP contribution is -2.35. The number of carbonyl (C=O) groups is 1. The smallest absolute Gasteiger partial charge is 0.444 e. The molecule has 0 aliphatic carbocycles. The third-order valence-electron chi connectivity index (χ3n) is 4.59. The number of benzene rings is 2. The molecule has 0 saturated heterocycles. The first-order valence-corrected chi connectivity index (χ1v) is 14.8. The van der Waals surface area contributed by atoms with Gasteiger partial charge in [-0.2, -0.15) is 13.2 Å². The summed E-state index contributed by atoms with van der Waals surface area (Å²) in [4.78, 5) is 10.8. The van der Waals surface area contributed by atoms with E-state index in [1.807, 2.05) is 18.2 Å². The minimum atomic E-state index is -5.94. The van der Waals surface area contributed by atoms with E-state index in [1.54, 1.807) is 32.9 Å². The van der Waals surface area contributed by atoms with Gasteiger partial charge in [-0.1, -0.05) is 18.2 Å². The number of amides is 1. The molecule has 0 unspecified atom stereocenters. The molecule has 1 amide bonds. The molecule has 0 fully saturated rings. The molecule has 0 aliphatic heterocycles. The number of rotatable bonds is 10. The fraction of sp³-hybridized carbons (Fsp3) is 0.409. The fourth-order valence-electron chi connectivity index (χ4n) is 2.94. The van der Waals surface area contributed by atoms with Gasteiger partial charge in [0.25, 0.3) is 9.84 Å². The number of anilines is 1. The summed E-state index contributed by atoms with van der Waals surface area (Å²) >= 11 is 1.35. The molecule has 2 aromatic rings. The number of primary sulfonamides is 1. The Morgan fingerprint density at radius 2 is 1.68 bits per heavy atom. The molecule has 206 valence electrons. The summed E-state index contributed by atoms with van der Waals surface area (Å²) in [5.41, 5.74) is -6.88. The number of alkyl halides is 3. The number of carbonyl (C=O) groups excluding carboxylic acids is 1. The van der Waals surface area contributed by atoms with Crippen LogP contribution in [0.25, 0.3) is 0 Å². The molecule has 9 nitrogen and oxygen atoms in total. The van der Waals surface area contributed by atoms with Gasteiger partial charge in [-0.3, -0.25) is 0 Å². The Morgan fingerprint density at radius 3 is 2.22 bits per heavy atom.